The molecule has 2 aromatic carbocycles. The zero-order valence-corrected chi connectivity index (χ0v) is 13.6. The molecule has 0 aliphatic rings. The SMILES string of the molecule is Oc1ccc(Br)cc1C=NNc1ncc(-c2ccccc2)cn1. The number of benzene rings is 2. The van der Waals surface area contributed by atoms with Crippen LogP contribution >= 0.6 is 15.9 Å². The highest BCUT2D eigenvalue weighted by atomic mass is 79.9. The van der Waals surface area contributed by atoms with Crippen LogP contribution in [0.2, 0.25) is 0 Å². The number of phenolic OH excluding ortho intramolecular Hbond substituents is 1. The van der Waals surface area contributed by atoms with Crippen molar-refractivity contribution in [1.82, 2.24) is 9.97 Å². The molecule has 3 aromatic rings. The van der Waals surface area contributed by atoms with Crippen molar-refractivity contribution in [3.05, 3.63) is 71.0 Å². The summed E-state index contributed by atoms with van der Waals surface area (Å²) in [7, 11) is 0. The van der Waals surface area contributed by atoms with Gasteiger partial charge in [0.2, 0.25) is 5.95 Å². The van der Waals surface area contributed by atoms with Gasteiger partial charge in [0.05, 0.1) is 6.21 Å². The predicted molar refractivity (Wildman–Crippen MR) is 94.5 cm³/mol. The molecule has 23 heavy (non-hydrogen) atoms. The zero-order chi connectivity index (χ0) is 16.1. The first-order valence-corrected chi connectivity index (χ1v) is 7.67. The Labute approximate surface area is 141 Å². The fourth-order valence-electron chi connectivity index (χ4n) is 1.95. The van der Waals surface area contributed by atoms with Crippen LogP contribution in [0, 0.1) is 0 Å². The van der Waals surface area contributed by atoms with E-state index >= 15 is 0 Å². The molecule has 5 nitrogen and oxygen atoms in total. The van der Waals surface area contributed by atoms with Crippen molar-refractivity contribution < 1.29 is 5.11 Å². The third-order valence-corrected chi connectivity index (χ3v) is 3.61. The minimum Gasteiger partial charge on any atom is -0.507 e. The van der Waals surface area contributed by atoms with Crippen molar-refractivity contribution in [2.24, 2.45) is 5.10 Å². The Morgan fingerprint density at radius 1 is 1.00 bits per heavy atom. The van der Waals surface area contributed by atoms with Gasteiger partial charge in [-0.3, -0.25) is 0 Å². The van der Waals surface area contributed by atoms with Gasteiger partial charge in [0.25, 0.3) is 0 Å². The first-order valence-electron chi connectivity index (χ1n) is 6.87. The number of halogens is 1. The molecular weight excluding hydrogens is 356 g/mol. The Morgan fingerprint density at radius 3 is 2.48 bits per heavy atom. The van der Waals surface area contributed by atoms with Gasteiger partial charge >= 0.3 is 0 Å². The van der Waals surface area contributed by atoms with E-state index in [1.54, 1.807) is 30.6 Å². The Balaban J connectivity index is 1.69. The van der Waals surface area contributed by atoms with E-state index in [9.17, 15) is 5.11 Å². The van der Waals surface area contributed by atoms with Crippen LogP contribution in [0.4, 0.5) is 5.95 Å². The average Bonchev–Trinajstić information content (AvgIpc) is 2.59. The molecule has 0 unspecified atom stereocenters. The van der Waals surface area contributed by atoms with Gasteiger partial charge in [-0.2, -0.15) is 5.10 Å². The summed E-state index contributed by atoms with van der Waals surface area (Å²) in [5.41, 5.74) is 5.32. The molecule has 0 saturated carbocycles. The molecule has 3 rings (SSSR count). The van der Waals surface area contributed by atoms with E-state index in [0.29, 0.717) is 11.5 Å². The van der Waals surface area contributed by atoms with Crippen molar-refractivity contribution in [3.63, 3.8) is 0 Å². The highest BCUT2D eigenvalue weighted by Gasteiger charge is 2.00. The van der Waals surface area contributed by atoms with E-state index in [1.807, 2.05) is 30.3 Å². The van der Waals surface area contributed by atoms with E-state index in [4.69, 9.17) is 0 Å². The maximum absolute atomic E-state index is 9.72. The highest BCUT2D eigenvalue weighted by Crippen LogP contribution is 2.20. The van der Waals surface area contributed by atoms with E-state index in [0.717, 1.165) is 15.6 Å². The lowest BCUT2D eigenvalue weighted by molar-refractivity contribution is 0.474. The van der Waals surface area contributed by atoms with Gasteiger partial charge in [0.1, 0.15) is 5.75 Å². The van der Waals surface area contributed by atoms with Crippen LogP contribution in [0.3, 0.4) is 0 Å². The summed E-state index contributed by atoms with van der Waals surface area (Å²) in [6.45, 7) is 0. The minimum atomic E-state index is 0.152. The molecule has 0 aliphatic heterocycles. The fourth-order valence-corrected chi connectivity index (χ4v) is 2.33. The van der Waals surface area contributed by atoms with Crippen molar-refractivity contribution in [2.45, 2.75) is 0 Å². The molecule has 1 heterocycles. The monoisotopic (exact) mass is 368 g/mol. The molecule has 0 bridgehead atoms. The molecule has 0 saturated heterocycles. The van der Waals surface area contributed by atoms with Gasteiger partial charge in [-0.1, -0.05) is 46.3 Å². The average molecular weight is 369 g/mol. The second-order valence-corrected chi connectivity index (χ2v) is 5.65. The van der Waals surface area contributed by atoms with Crippen LogP contribution < -0.4 is 5.43 Å². The van der Waals surface area contributed by atoms with Crippen LogP contribution in [0.5, 0.6) is 5.75 Å². The molecule has 2 N–H and O–H groups in total. The lowest BCUT2D eigenvalue weighted by Crippen LogP contribution is -1.97. The molecule has 0 atom stereocenters. The fraction of sp³-hybridized carbons (Fsp3) is 0. The van der Waals surface area contributed by atoms with E-state index in [-0.39, 0.29) is 5.75 Å². The second kappa shape index (κ2) is 7.02. The summed E-state index contributed by atoms with van der Waals surface area (Å²) in [6, 6.07) is 15.0. The summed E-state index contributed by atoms with van der Waals surface area (Å²) < 4.78 is 0.861. The topological polar surface area (TPSA) is 70.4 Å². The Bertz CT molecular complexity index is 820. The van der Waals surface area contributed by atoms with Gasteiger partial charge < -0.3 is 5.11 Å². The lowest BCUT2D eigenvalue weighted by Gasteiger charge is -2.02. The van der Waals surface area contributed by atoms with Crippen LogP contribution in [0.15, 0.2) is 70.5 Å². The quantitative estimate of drug-likeness (QED) is 0.538. The summed E-state index contributed by atoms with van der Waals surface area (Å²) in [4.78, 5) is 8.44. The maximum Gasteiger partial charge on any atom is 0.243 e. The Hall–Kier alpha value is -2.73. The number of hydrogen-bond acceptors (Lipinski definition) is 5. The Morgan fingerprint density at radius 2 is 1.74 bits per heavy atom. The van der Waals surface area contributed by atoms with Gasteiger partial charge in [-0.25, -0.2) is 15.4 Å². The van der Waals surface area contributed by atoms with Crippen LogP contribution in [-0.4, -0.2) is 21.3 Å². The first-order chi connectivity index (χ1) is 11.2. The number of phenols is 1. The first kappa shape index (κ1) is 15.2. The molecule has 6 heteroatoms. The molecular formula is C17H13BrN4O. The number of aromatic nitrogens is 2. The number of rotatable bonds is 4. The molecule has 114 valence electrons. The smallest absolute Gasteiger partial charge is 0.243 e. The second-order valence-electron chi connectivity index (χ2n) is 4.73. The van der Waals surface area contributed by atoms with Crippen LogP contribution in [0.25, 0.3) is 11.1 Å². The number of hydrogen-bond donors (Lipinski definition) is 2. The molecule has 1 aromatic heterocycles. The number of anilines is 1. The third-order valence-electron chi connectivity index (χ3n) is 3.12. The zero-order valence-electron chi connectivity index (χ0n) is 12.0. The number of nitrogens with zero attached hydrogens (tertiary/aromatic N) is 3. The number of nitrogens with one attached hydrogen (secondary N) is 1. The van der Waals surface area contributed by atoms with E-state index in [1.165, 1.54) is 6.21 Å². The third kappa shape index (κ3) is 3.92. The van der Waals surface area contributed by atoms with Gasteiger partial charge in [0, 0.05) is 28.0 Å². The van der Waals surface area contributed by atoms with Crippen LogP contribution in [-0.2, 0) is 0 Å². The van der Waals surface area contributed by atoms with Gasteiger partial charge in [-0.05, 0) is 23.8 Å². The maximum atomic E-state index is 9.72. The Kier molecular flexibility index (Phi) is 4.63. The molecule has 0 spiro atoms. The summed E-state index contributed by atoms with van der Waals surface area (Å²) in [5.74, 6) is 0.537. The van der Waals surface area contributed by atoms with Crippen molar-refractivity contribution in [1.29, 1.82) is 0 Å². The van der Waals surface area contributed by atoms with Crippen molar-refractivity contribution >= 4 is 28.1 Å². The van der Waals surface area contributed by atoms with Crippen molar-refractivity contribution in [2.75, 3.05) is 5.43 Å². The van der Waals surface area contributed by atoms with Gasteiger partial charge in [-0.15, -0.1) is 0 Å². The molecule has 0 amide bonds. The molecule has 0 fully saturated rings. The number of aromatic hydroxyl groups is 1. The van der Waals surface area contributed by atoms with Gasteiger partial charge in [0.15, 0.2) is 0 Å². The van der Waals surface area contributed by atoms with Crippen LogP contribution in [0.1, 0.15) is 5.56 Å². The molecule has 0 radical (unpaired) electrons. The minimum absolute atomic E-state index is 0.152. The van der Waals surface area contributed by atoms with Crippen molar-refractivity contribution in [3.8, 4) is 16.9 Å². The summed E-state index contributed by atoms with van der Waals surface area (Å²) in [6.07, 6.45) is 4.97. The lowest BCUT2D eigenvalue weighted by atomic mass is 10.1. The number of hydrazone groups is 1. The van der Waals surface area contributed by atoms with E-state index in [2.05, 4.69) is 36.4 Å². The summed E-state index contributed by atoms with van der Waals surface area (Å²) in [5, 5.41) is 13.8. The highest BCUT2D eigenvalue weighted by molar-refractivity contribution is 9.10. The predicted octanol–water partition coefficient (Wildman–Crippen LogP) is 4.06. The molecule has 0 aliphatic carbocycles. The summed E-state index contributed by atoms with van der Waals surface area (Å²) >= 11 is 3.35. The van der Waals surface area contributed by atoms with E-state index < -0.39 is 0 Å². The normalized spacial score (nSPS) is 10.8. The standard InChI is InChI=1S/C17H13BrN4O/c18-15-6-7-16(23)13(8-15)11-21-22-17-19-9-14(10-20-17)12-4-2-1-3-5-12/h1-11,23H,(H,19,20,22). The largest absolute Gasteiger partial charge is 0.507 e.